The second kappa shape index (κ2) is 6.90. The van der Waals surface area contributed by atoms with Gasteiger partial charge in [0.2, 0.25) is 5.91 Å². The van der Waals surface area contributed by atoms with Crippen LogP contribution in [0.1, 0.15) is 52.4 Å². The molecule has 1 heterocycles. The first-order valence-electron chi connectivity index (χ1n) is 8.23. The van der Waals surface area contributed by atoms with E-state index >= 15 is 0 Å². The van der Waals surface area contributed by atoms with Crippen molar-refractivity contribution in [3.63, 3.8) is 0 Å². The number of carbonyl (C=O) groups is 1. The minimum Gasteiger partial charge on any atom is -0.340 e. The van der Waals surface area contributed by atoms with Crippen LogP contribution in [0.3, 0.4) is 0 Å². The number of hydrogen-bond acceptors (Lipinski definition) is 3. The fourth-order valence-corrected chi connectivity index (χ4v) is 3.82. The Kier molecular flexibility index (Phi) is 5.44. The van der Waals surface area contributed by atoms with Crippen LogP contribution < -0.4 is 5.32 Å². The van der Waals surface area contributed by atoms with Gasteiger partial charge in [0.05, 0.1) is 6.04 Å². The Morgan fingerprint density at radius 3 is 2.50 bits per heavy atom. The molecule has 0 aromatic rings. The van der Waals surface area contributed by atoms with E-state index in [0.717, 1.165) is 25.8 Å². The molecule has 1 aliphatic carbocycles. The van der Waals surface area contributed by atoms with Gasteiger partial charge in [0.25, 0.3) is 0 Å². The summed E-state index contributed by atoms with van der Waals surface area (Å²) in [6.07, 6.45) is 7.04. The summed E-state index contributed by atoms with van der Waals surface area (Å²) in [6.45, 7) is 5.44. The second-order valence-electron chi connectivity index (χ2n) is 6.87. The lowest BCUT2D eigenvalue weighted by Gasteiger charge is -2.40. The minimum atomic E-state index is 0.113. The van der Waals surface area contributed by atoms with Gasteiger partial charge in [-0.05, 0) is 39.3 Å². The highest BCUT2D eigenvalue weighted by atomic mass is 16.2. The fourth-order valence-electron chi connectivity index (χ4n) is 3.82. The van der Waals surface area contributed by atoms with Crippen molar-refractivity contribution in [3.05, 3.63) is 0 Å². The van der Waals surface area contributed by atoms with Gasteiger partial charge in [-0.2, -0.15) is 0 Å². The normalized spacial score (nSPS) is 31.8. The van der Waals surface area contributed by atoms with Crippen molar-refractivity contribution in [1.82, 2.24) is 15.1 Å². The van der Waals surface area contributed by atoms with Crippen molar-refractivity contribution in [2.24, 2.45) is 0 Å². The van der Waals surface area contributed by atoms with Gasteiger partial charge in [-0.25, -0.2) is 0 Å². The van der Waals surface area contributed by atoms with Gasteiger partial charge >= 0.3 is 0 Å². The number of nitrogens with one attached hydrogen (secondary N) is 1. The number of rotatable bonds is 4. The summed E-state index contributed by atoms with van der Waals surface area (Å²) in [4.78, 5) is 17.0. The molecule has 2 rings (SSSR count). The van der Waals surface area contributed by atoms with E-state index in [2.05, 4.69) is 31.1 Å². The van der Waals surface area contributed by atoms with Gasteiger partial charge in [0.1, 0.15) is 0 Å². The van der Waals surface area contributed by atoms with Crippen molar-refractivity contribution in [1.29, 1.82) is 0 Å². The van der Waals surface area contributed by atoms with Crippen molar-refractivity contribution in [2.45, 2.75) is 76.5 Å². The van der Waals surface area contributed by atoms with Crippen molar-refractivity contribution >= 4 is 5.91 Å². The third kappa shape index (κ3) is 3.53. The second-order valence-corrected chi connectivity index (χ2v) is 6.87. The number of likely N-dealkylation sites (N-methyl/N-ethyl adjacent to an activating group) is 2. The summed E-state index contributed by atoms with van der Waals surface area (Å²) in [5, 5.41) is 3.66. The molecule has 2 aliphatic rings. The van der Waals surface area contributed by atoms with E-state index in [1.807, 2.05) is 11.9 Å². The number of hydrogen-bond donors (Lipinski definition) is 1. The number of likely N-dealkylation sites (tertiary alicyclic amines) is 1. The highest BCUT2D eigenvalue weighted by Crippen LogP contribution is 2.25. The summed E-state index contributed by atoms with van der Waals surface area (Å²) >= 11 is 0. The predicted molar refractivity (Wildman–Crippen MR) is 82.7 cm³/mol. The topological polar surface area (TPSA) is 35.6 Å². The summed E-state index contributed by atoms with van der Waals surface area (Å²) in [7, 11) is 4.09. The fraction of sp³-hybridized carbons (Fsp3) is 0.938. The Morgan fingerprint density at radius 1 is 1.20 bits per heavy atom. The lowest BCUT2D eigenvalue weighted by Crippen LogP contribution is -2.56. The molecule has 20 heavy (non-hydrogen) atoms. The first kappa shape index (κ1) is 15.8. The number of carbonyl (C=O) groups excluding carboxylic acids is 1. The van der Waals surface area contributed by atoms with Crippen LogP contribution in [-0.4, -0.2) is 60.5 Å². The number of amides is 1. The molecule has 4 nitrogen and oxygen atoms in total. The van der Waals surface area contributed by atoms with Crippen molar-refractivity contribution in [3.8, 4) is 0 Å². The summed E-state index contributed by atoms with van der Waals surface area (Å²) in [5.41, 5.74) is 0. The Labute approximate surface area is 123 Å². The largest absolute Gasteiger partial charge is 0.340 e. The van der Waals surface area contributed by atoms with Crippen LogP contribution >= 0.6 is 0 Å². The predicted octanol–water partition coefficient (Wildman–Crippen LogP) is 1.85. The average molecular weight is 281 g/mol. The first-order chi connectivity index (χ1) is 9.50. The standard InChI is InChI=1S/C16H31N3O/c1-12(2)17-13-8-5-6-9-14(13)19(4)16(20)15-10-7-11-18(15)3/h12-15,17H,5-11H2,1-4H3/t13-,14-,15+/m0/s1. The molecule has 3 atom stereocenters. The molecule has 1 amide bonds. The maximum absolute atomic E-state index is 12.7. The smallest absolute Gasteiger partial charge is 0.239 e. The maximum Gasteiger partial charge on any atom is 0.239 e. The molecule has 1 saturated heterocycles. The first-order valence-corrected chi connectivity index (χ1v) is 8.23. The average Bonchev–Trinajstić information content (AvgIpc) is 2.83. The molecule has 1 N–H and O–H groups in total. The third-order valence-corrected chi connectivity index (χ3v) is 4.93. The van der Waals surface area contributed by atoms with Crippen molar-refractivity contribution < 1.29 is 4.79 Å². The summed E-state index contributed by atoms with van der Waals surface area (Å²) in [6, 6.07) is 1.43. The zero-order chi connectivity index (χ0) is 14.7. The highest BCUT2D eigenvalue weighted by Gasteiger charge is 2.36. The lowest BCUT2D eigenvalue weighted by molar-refractivity contribution is -0.137. The maximum atomic E-state index is 12.7. The molecule has 1 saturated carbocycles. The van der Waals surface area contributed by atoms with Gasteiger partial charge in [0, 0.05) is 25.2 Å². The monoisotopic (exact) mass is 281 g/mol. The SMILES string of the molecule is CC(C)N[C@H]1CCCC[C@@H]1N(C)C(=O)[C@H]1CCCN1C. The third-order valence-electron chi connectivity index (χ3n) is 4.93. The van der Waals surface area contributed by atoms with Gasteiger partial charge < -0.3 is 10.2 Å². The Hall–Kier alpha value is -0.610. The van der Waals surface area contributed by atoms with Crippen LogP contribution in [0.2, 0.25) is 0 Å². The van der Waals surface area contributed by atoms with E-state index in [1.54, 1.807) is 0 Å². The van der Waals surface area contributed by atoms with E-state index in [4.69, 9.17) is 0 Å². The van der Waals surface area contributed by atoms with E-state index in [0.29, 0.717) is 24.0 Å². The molecular weight excluding hydrogens is 250 g/mol. The zero-order valence-electron chi connectivity index (χ0n) is 13.6. The van der Waals surface area contributed by atoms with Gasteiger partial charge in [-0.1, -0.05) is 26.7 Å². The summed E-state index contributed by atoms with van der Waals surface area (Å²) in [5.74, 6) is 0.326. The van der Waals surface area contributed by atoms with E-state index < -0.39 is 0 Å². The van der Waals surface area contributed by atoms with Crippen LogP contribution in [0.15, 0.2) is 0 Å². The van der Waals surface area contributed by atoms with E-state index in [-0.39, 0.29) is 6.04 Å². The van der Waals surface area contributed by atoms with Crippen LogP contribution in [-0.2, 0) is 4.79 Å². The van der Waals surface area contributed by atoms with E-state index in [9.17, 15) is 4.79 Å². The zero-order valence-corrected chi connectivity index (χ0v) is 13.6. The molecule has 2 fully saturated rings. The molecule has 0 spiro atoms. The van der Waals surface area contributed by atoms with Gasteiger partial charge in [-0.15, -0.1) is 0 Å². The Balaban J connectivity index is 2.01. The van der Waals surface area contributed by atoms with Crippen molar-refractivity contribution in [2.75, 3.05) is 20.6 Å². The molecule has 4 heteroatoms. The number of nitrogens with zero attached hydrogens (tertiary/aromatic N) is 2. The molecule has 0 unspecified atom stereocenters. The Bertz CT molecular complexity index is 332. The molecule has 1 aliphatic heterocycles. The van der Waals surface area contributed by atoms with Crippen LogP contribution in [0.5, 0.6) is 0 Å². The molecule has 0 aromatic carbocycles. The minimum absolute atomic E-state index is 0.113. The molecule has 0 aromatic heterocycles. The Morgan fingerprint density at radius 2 is 1.90 bits per heavy atom. The molecule has 0 radical (unpaired) electrons. The van der Waals surface area contributed by atoms with Crippen LogP contribution in [0, 0.1) is 0 Å². The molecular formula is C16H31N3O. The summed E-state index contributed by atoms with van der Waals surface area (Å²) < 4.78 is 0. The van der Waals surface area contributed by atoms with Gasteiger partial charge in [-0.3, -0.25) is 9.69 Å². The quantitative estimate of drug-likeness (QED) is 0.854. The van der Waals surface area contributed by atoms with E-state index in [1.165, 1.54) is 19.3 Å². The lowest BCUT2D eigenvalue weighted by atomic mass is 9.88. The van der Waals surface area contributed by atoms with Gasteiger partial charge in [0.15, 0.2) is 0 Å². The molecule has 0 bridgehead atoms. The van der Waals surface area contributed by atoms with Crippen LogP contribution in [0.4, 0.5) is 0 Å². The molecule has 116 valence electrons. The van der Waals surface area contributed by atoms with Crippen LogP contribution in [0.25, 0.3) is 0 Å². The highest BCUT2D eigenvalue weighted by molar-refractivity contribution is 5.82.